The van der Waals surface area contributed by atoms with Crippen molar-refractivity contribution in [2.45, 2.75) is 26.7 Å². The van der Waals surface area contributed by atoms with E-state index in [9.17, 15) is 0 Å². The zero-order valence-electron chi connectivity index (χ0n) is 8.47. The number of benzene rings is 1. The summed E-state index contributed by atoms with van der Waals surface area (Å²) >= 11 is 5.99. The molecular weight excluding hydrogens is 198 g/mol. The molecule has 0 atom stereocenters. The molecule has 0 aliphatic rings. The van der Waals surface area contributed by atoms with E-state index in [0.717, 1.165) is 27.6 Å². The van der Waals surface area contributed by atoms with Crippen molar-refractivity contribution in [3.8, 4) is 0 Å². The summed E-state index contributed by atoms with van der Waals surface area (Å²) in [6.45, 7) is 6.07. The second kappa shape index (κ2) is 3.28. The summed E-state index contributed by atoms with van der Waals surface area (Å²) in [5.41, 5.74) is 2.67. The van der Waals surface area contributed by atoms with Crippen LogP contribution in [0.25, 0.3) is 11.1 Å². The molecule has 0 aliphatic heterocycles. The van der Waals surface area contributed by atoms with Gasteiger partial charge < -0.3 is 4.42 Å². The molecule has 0 amide bonds. The average molecular weight is 210 g/mol. The van der Waals surface area contributed by atoms with E-state index in [0.29, 0.717) is 5.92 Å². The van der Waals surface area contributed by atoms with Gasteiger partial charge >= 0.3 is 0 Å². The number of aromatic nitrogens is 1. The van der Waals surface area contributed by atoms with Crippen molar-refractivity contribution in [2.75, 3.05) is 0 Å². The minimum absolute atomic E-state index is 0.307. The lowest BCUT2D eigenvalue weighted by molar-refractivity contribution is 0.501. The first-order chi connectivity index (χ1) is 6.58. The molecule has 0 bridgehead atoms. The van der Waals surface area contributed by atoms with Crippen molar-refractivity contribution in [3.63, 3.8) is 0 Å². The Hall–Kier alpha value is -1.02. The van der Waals surface area contributed by atoms with Crippen LogP contribution >= 0.6 is 11.6 Å². The first kappa shape index (κ1) is 9.53. The Balaban J connectivity index is 2.66. The van der Waals surface area contributed by atoms with Gasteiger partial charge in [0.05, 0.1) is 0 Å². The Kier molecular flexibility index (Phi) is 2.23. The molecule has 74 valence electrons. The number of fused-ring (bicyclic) bond motifs is 1. The van der Waals surface area contributed by atoms with Gasteiger partial charge in [0, 0.05) is 10.9 Å². The van der Waals surface area contributed by atoms with Gasteiger partial charge in [-0.2, -0.15) is 0 Å². The first-order valence-electron chi connectivity index (χ1n) is 4.64. The van der Waals surface area contributed by atoms with Crippen LogP contribution in [0, 0.1) is 6.92 Å². The van der Waals surface area contributed by atoms with E-state index in [2.05, 4.69) is 18.8 Å². The molecule has 0 N–H and O–H groups in total. The lowest BCUT2D eigenvalue weighted by Gasteiger charge is -1.94. The van der Waals surface area contributed by atoms with Gasteiger partial charge in [-0.3, -0.25) is 0 Å². The predicted molar refractivity (Wildman–Crippen MR) is 57.8 cm³/mol. The third-order valence-electron chi connectivity index (χ3n) is 2.18. The van der Waals surface area contributed by atoms with E-state index in [4.69, 9.17) is 16.0 Å². The van der Waals surface area contributed by atoms with Crippen molar-refractivity contribution in [1.82, 2.24) is 4.98 Å². The highest BCUT2D eigenvalue weighted by molar-refractivity contribution is 6.32. The summed E-state index contributed by atoms with van der Waals surface area (Å²) < 4.78 is 5.60. The fourth-order valence-electron chi connectivity index (χ4n) is 1.31. The van der Waals surface area contributed by atoms with Crippen LogP contribution in [0.1, 0.15) is 31.2 Å². The van der Waals surface area contributed by atoms with Crippen LogP contribution in [-0.2, 0) is 0 Å². The van der Waals surface area contributed by atoms with E-state index in [1.54, 1.807) is 0 Å². The maximum absolute atomic E-state index is 5.99. The Morgan fingerprint density at radius 3 is 2.71 bits per heavy atom. The molecule has 0 fully saturated rings. The first-order valence-corrected chi connectivity index (χ1v) is 5.02. The molecule has 1 aromatic carbocycles. The normalized spacial score (nSPS) is 11.5. The van der Waals surface area contributed by atoms with E-state index in [-0.39, 0.29) is 0 Å². The van der Waals surface area contributed by atoms with Gasteiger partial charge in [-0.15, -0.1) is 0 Å². The number of nitrogens with zero attached hydrogens (tertiary/aromatic N) is 1. The topological polar surface area (TPSA) is 26.0 Å². The lowest BCUT2D eigenvalue weighted by Crippen LogP contribution is -1.84. The quantitative estimate of drug-likeness (QED) is 0.712. The van der Waals surface area contributed by atoms with Crippen molar-refractivity contribution >= 4 is 22.7 Å². The summed E-state index contributed by atoms with van der Waals surface area (Å²) in [6, 6.07) is 3.78. The van der Waals surface area contributed by atoms with Gasteiger partial charge in [0.25, 0.3) is 0 Å². The van der Waals surface area contributed by atoms with Crippen LogP contribution in [0.4, 0.5) is 0 Å². The van der Waals surface area contributed by atoms with Crippen LogP contribution in [0.15, 0.2) is 16.5 Å². The number of rotatable bonds is 1. The van der Waals surface area contributed by atoms with E-state index in [1.165, 1.54) is 0 Å². The standard InChI is InChI=1S/C11H12ClNO/c1-6(2)11-13-9-5-8(12)7(3)4-10(9)14-11/h4-6H,1-3H3. The predicted octanol–water partition coefficient (Wildman–Crippen LogP) is 3.91. The second-order valence-electron chi connectivity index (χ2n) is 3.78. The maximum atomic E-state index is 5.99. The van der Waals surface area contributed by atoms with Gasteiger partial charge in [0.2, 0.25) is 0 Å². The summed E-state index contributed by atoms with van der Waals surface area (Å²) in [7, 11) is 0. The Bertz CT molecular complexity index is 434. The molecule has 0 unspecified atom stereocenters. The van der Waals surface area contributed by atoms with Crippen LogP contribution in [0.2, 0.25) is 5.02 Å². The van der Waals surface area contributed by atoms with Crippen LogP contribution in [0.5, 0.6) is 0 Å². The van der Waals surface area contributed by atoms with Gasteiger partial charge in [-0.25, -0.2) is 4.98 Å². The number of oxazole rings is 1. The SMILES string of the molecule is Cc1cc2oc(C(C)C)nc2cc1Cl. The number of halogens is 1. The number of aryl methyl sites for hydroxylation is 1. The van der Waals surface area contributed by atoms with Crippen molar-refractivity contribution in [3.05, 3.63) is 28.6 Å². The molecule has 1 aromatic heterocycles. The summed E-state index contributed by atoms with van der Waals surface area (Å²) in [5.74, 6) is 1.07. The van der Waals surface area contributed by atoms with E-state index in [1.807, 2.05) is 19.1 Å². The van der Waals surface area contributed by atoms with Crippen molar-refractivity contribution < 1.29 is 4.42 Å². The van der Waals surface area contributed by atoms with Gasteiger partial charge in [0.1, 0.15) is 5.52 Å². The molecule has 3 heteroatoms. The Morgan fingerprint density at radius 1 is 1.36 bits per heavy atom. The van der Waals surface area contributed by atoms with Gasteiger partial charge in [-0.05, 0) is 24.6 Å². The highest BCUT2D eigenvalue weighted by Crippen LogP contribution is 2.26. The monoisotopic (exact) mass is 209 g/mol. The molecule has 0 spiro atoms. The molecule has 0 saturated heterocycles. The summed E-state index contributed by atoms with van der Waals surface area (Å²) in [4.78, 5) is 4.36. The van der Waals surface area contributed by atoms with Crippen molar-refractivity contribution in [1.29, 1.82) is 0 Å². The van der Waals surface area contributed by atoms with Gasteiger partial charge in [-0.1, -0.05) is 25.4 Å². The smallest absolute Gasteiger partial charge is 0.198 e. The summed E-state index contributed by atoms with van der Waals surface area (Å²) in [6.07, 6.45) is 0. The molecule has 1 heterocycles. The maximum Gasteiger partial charge on any atom is 0.198 e. The third-order valence-corrected chi connectivity index (χ3v) is 2.59. The van der Waals surface area contributed by atoms with Crippen LogP contribution in [0.3, 0.4) is 0 Å². The average Bonchev–Trinajstić information content (AvgIpc) is 2.48. The molecule has 2 nitrogen and oxygen atoms in total. The summed E-state index contributed by atoms with van der Waals surface area (Å²) in [5, 5.41) is 0.737. The number of hydrogen-bond donors (Lipinski definition) is 0. The minimum Gasteiger partial charge on any atom is -0.440 e. The highest BCUT2D eigenvalue weighted by atomic mass is 35.5. The van der Waals surface area contributed by atoms with E-state index < -0.39 is 0 Å². The molecule has 0 radical (unpaired) electrons. The van der Waals surface area contributed by atoms with Crippen molar-refractivity contribution in [2.24, 2.45) is 0 Å². The third kappa shape index (κ3) is 1.50. The highest BCUT2D eigenvalue weighted by Gasteiger charge is 2.10. The molecule has 0 aliphatic carbocycles. The molecule has 2 aromatic rings. The largest absolute Gasteiger partial charge is 0.440 e. The molecule has 0 saturated carbocycles. The zero-order chi connectivity index (χ0) is 10.3. The fraction of sp³-hybridized carbons (Fsp3) is 0.364. The second-order valence-corrected chi connectivity index (χ2v) is 4.18. The van der Waals surface area contributed by atoms with Gasteiger partial charge in [0.15, 0.2) is 11.5 Å². The Labute approximate surface area is 87.9 Å². The molecule has 2 rings (SSSR count). The minimum atomic E-state index is 0.307. The van der Waals surface area contributed by atoms with Crippen LogP contribution < -0.4 is 0 Å². The fourth-order valence-corrected chi connectivity index (χ4v) is 1.47. The molecule has 14 heavy (non-hydrogen) atoms. The Morgan fingerprint density at radius 2 is 2.07 bits per heavy atom. The lowest BCUT2D eigenvalue weighted by atomic mass is 10.2. The van der Waals surface area contributed by atoms with Crippen LogP contribution in [-0.4, -0.2) is 4.98 Å². The zero-order valence-corrected chi connectivity index (χ0v) is 9.22. The number of hydrogen-bond acceptors (Lipinski definition) is 2. The molecular formula is C11H12ClNO. The van der Waals surface area contributed by atoms with E-state index >= 15 is 0 Å².